The normalized spacial score (nSPS) is 11.8. The Morgan fingerprint density at radius 2 is 1.79 bits per heavy atom. The number of carboxylic acids is 1. The number of hydrogen-bond donors (Lipinski definition) is 2. The zero-order valence-corrected chi connectivity index (χ0v) is 15.9. The molecule has 0 saturated heterocycles. The van der Waals surface area contributed by atoms with E-state index in [0.29, 0.717) is 6.07 Å². The molecule has 0 aromatic heterocycles. The summed E-state index contributed by atoms with van der Waals surface area (Å²) in [5, 5.41) is 9.08. The van der Waals surface area contributed by atoms with Crippen LogP contribution >= 0.6 is 0 Å². The van der Waals surface area contributed by atoms with Crippen LogP contribution in [-0.2, 0) is 16.2 Å². The first-order valence-electron chi connectivity index (χ1n) is 7.69. The van der Waals surface area contributed by atoms with Gasteiger partial charge in [0.1, 0.15) is 10.6 Å². The fourth-order valence-corrected chi connectivity index (χ4v) is 3.66. The second kappa shape index (κ2) is 7.58. The highest BCUT2D eigenvalue weighted by Gasteiger charge is 2.32. The lowest BCUT2D eigenvalue weighted by molar-refractivity contribution is -0.137. The summed E-state index contributed by atoms with van der Waals surface area (Å²) < 4.78 is 71.8. The van der Waals surface area contributed by atoms with Gasteiger partial charge in [-0.3, -0.25) is 4.72 Å². The summed E-state index contributed by atoms with van der Waals surface area (Å²) in [4.78, 5) is 12.1. The van der Waals surface area contributed by atoms with Crippen molar-refractivity contribution < 1.29 is 36.2 Å². The molecule has 0 spiro atoms. The number of ether oxygens (including phenoxy) is 1. The molecule has 2 N–H and O–H groups in total. The Labute approximate surface area is 159 Å². The Bertz CT molecular complexity index is 1000. The van der Waals surface area contributed by atoms with E-state index < -0.39 is 32.6 Å². The summed E-state index contributed by atoms with van der Waals surface area (Å²) in [6, 6.07) is 5.80. The third-order valence-corrected chi connectivity index (χ3v) is 5.14. The van der Waals surface area contributed by atoms with E-state index in [9.17, 15) is 26.4 Å². The minimum Gasteiger partial charge on any atom is -0.495 e. The minimum absolute atomic E-state index is 0.157. The Kier molecular flexibility index (Phi) is 5.78. The van der Waals surface area contributed by atoms with E-state index in [4.69, 9.17) is 9.84 Å². The van der Waals surface area contributed by atoms with Crippen molar-refractivity contribution >= 4 is 27.4 Å². The number of alkyl halides is 3. The third kappa shape index (κ3) is 4.47. The van der Waals surface area contributed by atoms with E-state index in [2.05, 4.69) is 4.72 Å². The first kappa shape index (κ1) is 21.4. The van der Waals surface area contributed by atoms with E-state index >= 15 is 0 Å². The highest BCUT2D eigenvalue weighted by Crippen LogP contribution is 2.36. The summed E-state index contributed by atoms with van der Waals surface area (Å²) in [6.07, 6.45) is -4.67. The number of nitrogens with one attached hydrogen (secondary N) is 1. The fourth-order valence-electron chi connectivity index (χ4n) is 2.40. The molecule has 0 bridgehead atoms. The van der Waals surface area contributed by atoms with Crippen LogP contribution in [0.1, 0.15) is 15.9 Å². The predicted octanol–water partition coefficient (Wildman–Crippen LogP) is 3.28. The van der Waals surface area contributed by atoms with E-state index in [-0.39, 0.29) is 22.7 Å². The van der Waals surface area contributed by atoms with Gasteiger partial charge in [-0.1, -0.05) is 0 Å². The topological polar surface area (TPSA) is 95.9 Å². The lowest BCUT2D eigenvalue weighted by Gasteiger charge is -2.21. The molecule has 0 aliphatic carbocycles. The summed E-state index contributed by atoms with van der Waals surface area (Å²) in [7, 11) is -0.210. The summed E-state index contributed by atoms with van der Waals surface area (Å²) in [6.45, 7) is 0. The highest BCUT2D eigenvalue weighted by atomic mass is 32.2. The van der Waals surface area contributed by atoms with Crippen molar-refractivity contribution in [1.29, 1.82) is 0 Å². The number of benzene rings is 2. The average Bonchev–Trinajstić information content (AvgIpc) is 2.59. The number of rotatable bonds is 6. The molecule has 0 unspecified atom stereocenters. The van der Waals surface area contributed by atoms with Gasteiger partial charge < -0.3 is 14.7 Å². The molecule has 152 valence electrons. The number of hydrogen-bond acceptors (Lipinski definition) is 5. The van der Waals surface area contributed by atoms with Gasteiger partial charge >= 0.3 is 12.1 Å². The molecule has 0 fully saturated rings. The van der Waals surface area contributed by atoms with Crippen molar-refractivity contribution in [3.63, 3.8) is 0 Å². The van der Waals surface area contributed by atoms with Crippen LogP contribution in [0, 0.1) is 0 Å². The van der Waals surface area contributed by atoms with Crippen molar-refractivity contribution in [2.24, 2.45) is 0 Å². The van der Waals surface area contributed by atoms with Crippen LogP contribution < -0.4 is 14.4 Å². The van der Waals surface area contributed by atoms with Crippen LogP contribution in [0.3, 0.4) is 0 Å². The molecule has 0 saturated carbocycles. The molecule has 0 atom stereocenters. The highest BCUT2D eigenvalue weighted by molar-refractivity contribution is 7.92. The fraction of sp³-hybridized carbons (Fsp3) is 0.235. The molecular weight excluding hydrogens is 401 g/mol. The van der Waals surface area contributed by atoms with Gasteiger partial charge in [-0.15, -0.1) is 0 Å². The molecule has 0 heterocycles. The number of anilines is 2. The molecule has 0 radical (unpaired) electrons. The van der Waals surface area contributed by atoms with Crippen molar-refractivity contribution in [2.75, 3.05) is 30.8 Å². The summed E-state index contributed by atoms with van der Waals surface area (Å²) in [5.41, 5.74) is -1.49. The van der Waals surface area contributed by atoms with Crippen LogP contribution in [0.25, 0.3) is 0 Å². The molecule has 0 aliphatic heterocycles. The molecule has 28 heavy (non-hydrogen) atoms. The number of halogens is 3. The average molecular weight is 418 g/mol. The second-order valence-electron chi connectivity index (χ2n) is 5.90. The van der Waals surface area contributed by atoms with E-state index in [1.54, 1.807) is 0 Å². The lowest BCUT2D eigenvalue weighted by Crippen LogP contribution is -2.19. The van der Waals surface area contributed by atoms with Crippen molar-refractivity contribution in [3.05, 3.63) is 47.5 Å². The van der Waals surface area contributed by atoms with E-state index in [1.165, 1.54) is 26.1 Å². The van der Waals surface area contributed by atoms with Gasteiger partial charge in [0, 0.05) is 14.1 Å². The van der Waals surface area contributed by atoms with Gasteiger partial charge in [0.25, 0.3) is 10.0 Å². The molecule has 0 amide bonds. The molecule has 11 heteroatoms. The monoisotopic (exact) mass is 418 g/mol. The smallest absolute Gasteiger partial charge is 0.416 e. The van der Waals surface area contributed by atoms with Crippen LogP contribution in [-0.4, -0.2) is 40.7 Å². The van der Waals surface area contributed by atoms with Gasteiger partial charge in [-0.2, -0.15) is 13.2 Å². The first-order chi connectivity index (χ1) is 12.9. The largest absolute Gasteiger partial charge is 0.495 e. The first-order valence-corrected chi connectivity index (χ1v) is 9.18. The summed E-state index contributed by atoms with van der Waals surface area (Å²) in [5.74, 6) is -1.52. The Balaban J connectivity index is 2.61. The number of carbonyl (C=O) groups is 1. The maximum Gasteiger partial charge on any atom is 0.416 e. The maximum absolute atomic E-state index is 13.0. The zero-order valence-electron chi connectivity index (χ0n) is 15.0. The quantitative estimate of drug-likeness (QED) is 0.748. The number of sulfonamides is 1. The molecule has 2 aromatic rings. The number of carboxylic acid groups (broad SMARTS) is 1. The van der Waals surface area contributed by atoms with Gasteiger partial charge in [0.05, 0.1) is 29.6 Å². The minimum atomic E-state index is -4.67. The van der Waals surface area contributed by atoms with Gasteiger partial charge in [-0.05, 0) is 36.4 Å². The molecule has 0 aliphatic rings. The van der Waals surface area contributed by atoms with E-state index in [0.717, 1.165) is 30.3 Å². The third-order valence-electron chi connectivity index (χ3n) is 3.75. The predicted molar refractivity (Wildman–Crippen MR) is 96.5 cm³/mol. The molecular formula is C17H17F3N2O5S. The van der Waals surface area contributed by atoms with Crippen molar-refractivity contribution in [2.45, 2.75) is 11.1 Å². The van der Waals surface area contributed by atoms with Gasteiger partial charge in [0.15, 0.2) is 0 Å². The molecule has 7 nitrogen and oxygen atoms in total. The number of methoxy groups -OCH3 is 1. The van der Waals surface area contributed by atoms with Crippen molar-refractivity contribution in [3.8, 4) is 5.75 Å². The van der Waals surface area contributed by atoms with E-state index in [1.807, 2.05) is 0 Å². The van der Waals surface area contributed by atoms with Crippen LogP contribution in [0.4, 0.5) is 24.5 Å². The molecule has 2 aromatic carbocycles. The Morgan fingerprint density at radius 1 is 1.14 bits per heavy atom. The lowest BCUT2D eigenvalue weighted by atomic mass is 10.1. The van der Waals surface area contributed by atoms with Gasteiger partial charge in [-0.25, -0.2) is 13.2 Å². The van der Waals surface area contributed by atoms with Crippen LogP contribution in [0.2, 0.25) is 0 Å². The van der Waals surface area contributed by atoms with Crippen molar-refractivity contribution in [1.82, 2.24) is 0 Å². The summed E-state index contributed by atoms with van der Waals surface area (Å²) >= 11 is 0. The standard InChI is InChI=1S/C17H17F3N2O5S/c1-22(2)13-6-5-11(17(18,19)20)9-12(13)21-28(25,26)15-8-10(16(23)24)4-7-14(15)27-3/h4-9,21H,1-3H3,(H,23,24). The maximum atomic E-state index is 13.0. The van der Waals surface area contributed by atoms with Crippen LogP contribution in [0.15, 0.2) is 41.3 Å². The number of aromatic carboxylic acids is 1. The Hall–Kier alpha value is -2.95. The molecule has 2 rings (SSSR count). The number of nitrogens with zero attached hydrogens (tertiary/aromatic N) is 1. The van der Waals surface area contributed by atoms with Crippen LogP contribution in [0.5, 0.6) is 5.75 Å². The SMILES string of the molecule is COc1ccc(C(=O)O)cc1S(=O)(=O)Nc1cc(C(F)(F)F)ccc1N(C)C. The zero-order chi connectivity index (χ0) is 21.3. The van der Waals surface area contributed by atoms with Gasteiger partial charge in [0.2, 0.25) is 0 Å². The Morgan fingerprint density at radius 3 is 2.29 bits per heavy atom. The second-order valence-corrected chi connectivity index (χ2v) is 7.55.